The Morgan fingerprint density at radius 3 is 1.84 bits per heavy atom. The van der Waals surface area contributed by atoms with Gasteiger partial charge in [-0.2, -0.15) is 0 Å². The van der Waals surface area contributed by atoms with E-state index in [1.165, 1.54) is 82.8 Å². The third-order valence-corrected chi connectivity index (χ3v) is 10.9. The number of hydrogen-bond acceptors (Lipinski definition) is 1. The Kier molecular flexibility index (Phi) is 5.34. The number of ether oxygens (including phenoxy) is 1. The highest BCUT2D eigenvalue weighted by Gasteiger charge is 2.51. The summed E-state index contributed by atoms with van der Waals surface area (Å²) in [5.41, 5.74) is 13.0. The minimum absolute atomic E-state index is 0.492. The highest BCUT2D eigenvalue weighted by molar-refractivity contribution is 6.23. The molecule has 0 saturated heterocycles. The largest absolute Gasteiger partial charge is 0.457 e. The van der Waals surface area contributed by atoms with Gasteiger partial charge in [-0.15, -0.1) is 0 Å². The molecule has 0 fully saturated rings. The van der Waals surface area contributed by atoms with Crippen LogP contribution in [0.3, 0.4) is 0 Å². The SMILES string of the molecule is c1ccc(-n2c3ccccc3c3c4cccc(-c5ccc6c(c5)C5(c7ccccc7O6)c6ccccc6-c6ccccc65)c4ccc32)cc1. The minimum atomic E-state index is -0.492. The molecule has 9 aromatic rings. The normalized spacial score (nSPS) is 13.6. The van der Waals surface area contributed by atoms with E-state index in [2.05, 4.69) is 180 Å². The molecule has 1 aromatic heterocycles. The standard InChI is InChI=1S/C47H29NO/c1-2-13-31(14-3-1)48-42-23-10-6-17-37(42)46-36-19-12-18-32(33(36)26-27-43(46)48)30-25-28-45-41(29-30)47(40-22-9-11-24-44(40)49-45)38-20-7-4-15-34(38)35-16-5-8-21-39(35)47/h1-29H. The van der Waals surface area contributed by atoms with Gasteiger partial charge < -0.3 is 9.30 Å². The first kappa shape index (κ1) is 26.7. The Balaban J connectivity index is 1.20. The quantitative estimate of drug-likeness (QED) is 0.187. The van der Waals surface area contributed by atoms with Gasteiger partial charge in [0.1, 0.15) is 11.5 Å². The number of rotatable bonds is 2. The molecule has 49 heavy (non-hydrogen) atoms. The molecule has 1 aliphatic heterocycles. The number of fused-ring (bicyclic) bond motifs is 14. The molecule has 0 atom stereocenters. The molecule has 0 unspecified atom stereocenters. The monoisotopic (exact) mass is 623 g/mol. The molecule has 0 bridgehead atoms. The zero-order valence-corrected chi connectivity index (χ0v) is 26.6. The van der Waals surface area contributed by atoms with Gasteiger partial charge in [0.05, 0.1) is 16.4 Å². The number of benzene rings is 8. The van der Waals surface area contributed by atoms with Crippen molar-refractivity contribution >= 4 is 32.6 Å². The van der Waals surface area contributed by atoms with E-state index in [-0.39, 0.29) is 0 Å². The first-order valence-corrected chi connectivity index (χ1v) is 16.9. The topological polar surface area (TPSA) is 14.2 Å². The third kappa shape index (κ3) is 3.45. The molecule has 0 radical (unpaired) electrons. The molecule has 0 amide bonds. The van der Waals surface area contributed by atoms with Crippen molar-refractivity contribution in [1.82, 2.24) is 4.57 Å². The molecule has 2 heterocycles. The maximum atomic E-state index is 6.72. The molecule has 8 aromatic carbocycles. The maximum absolute atomic E-state index is 6.72. The minimum Gasteiger partial charge on any atom is -0.457 e. The summed E-state index contributed by atoms with van der Waals surface area (Å²) in [6.45, 7) is 0. The summed E-state index contributed by atoms with van der Waals surface area (Å²) in [6, 6.07) is 64.1. The van der Waals surface area contributed by atoms with E-state index in [4.69, 9.17) is 4.74 Å². The average molecular weight is 624 g/mol. The second-order valence-corrected chi connectivity index (χ2v) is 13.2. The van der Waals surface area contributed by atoms with Crippen LogP contribution >= 0.6 is 0 Å². The van der Waals surface area contributed by atoms with Crippen LogP contribution in [0.4, 0.5) is 0 Å². The highest BCUT2D eigenvalue weighted by atomic mass is 16.5. The molecule has 2 nitrogen and oxygen atoms in total. The second kappa shape index (κ2) is 9.82. The number of hydrogen-bond donors (Lipinski definition) is 0. The van der Waals surface area contributed by atoms with Crippen LogP contribution in [0.5, 0.6) is 11.5 Å². The molecule has 11 rings (SSSR count). The van der Waals surface area contributed by atoms with Gasteiger partial charge in [-0.3, -0.25) is 0 Å². The van der Waals surface area contributed by atoms with Crippen molar-refractivity contribution in [2.75, 3.05) is 0 Å². The van der Waals surface area contributed by atoms with E-state index < -0.39 is 5.41 Å². The Labute approximate surface area is 284 Å². The van der Waals surface area contributed by atoms with Gasteiger partial charge in [0.25, 0.3) is 0 Å². The molecule has 228 valence electrons. The first-order valence-electron chi connectivity index (χ1n) is 16.9. The summed E-state index contributed by atoms with van der Waals surface area (Å²) in [5.74, 6) is 1.82. The van der Waals surface area contributed by atoms with Crippen molar-refractivity contribution in [3.63, 3.8) is 0 Å². The summed E-state index contributed by atoms with van der Waals surface area (Å²) >= 11 is 0. The van der Waals surface area contributed by atoms with Gasteiger partial charge in [-0.05, 0) is 86.6 Å². The fourth-order valence-corrected chi connectivity index (χ4v) is 8.96. The fraction of sp³-hybridized carbons (Fsp3) is 0.0213. The predicted molar refractivity (Wildman–Crippen MR) is 201 cm³/mol. The van der Waals surface area contributed by atoms with Crippen molar-refractivity contribution in [1.29, 1.82) is 0 Å². The molecule has 0 N–H and O–H groups in total. The smallest absolute Gasteiger partial charge is 0.132 e. The lowest BCUT2D eigenvalue weighted by Crippen LogP contribution is -2.32. The zero-order valence-electron chi connectivity index (χ0n) is 26.6. The van der Waals surface area contributed by atoms with E-state index in [0.29, 0.717) is 0 Å². The van der Waals surface area contributed by atoms with Crippen LogP contribution in [0.25, 0.3) is 60.5 Å². The van der Waals surface area contributed by atoms with Crippen LogP contribution in [0.1, 0.15) is 22.3 Å². The van der Waals surface area contributed by atoms with Gasteiger partial charge in [-0.1, -0.05) is 133 Å². The Hall–Kier alpha value is -6.38. The lowest BCUT2D eigenvalue weighted by molar-refractivity contribution is 0.436. The summed E-state index contributed by atoms with van der Waals surface area (Å²) in [6.07, 6.45) is 0. The van der Waals surface area contributed by atoms with Crippen molar-refractivity contribution in [2.24, 2.45) is 0 Å². The van der Waals surface area contributed by atoms with E-state index >= 15 is 0 Å². The van der Waals surface area contributed by atoms with Crippen LogP contribution in [0, 0.1) is 0 Å². The van der Waals surface area contributed by atoms with E-state index in [1.807, 2.05) is 0 Å². The summed E-state index contributed by atoms with van der Waals surface area (Å²) in [5, 5.41) is 5.04. The van der Waals surface area contributed by atoms with Crippen LogP contribution in [0.15, 0.2) is 176 Å². The number of aromatic nitrogens is 1. The second-order valence-electron chi connectivity index (χ2n) is 13.2. The molecule has 2 heteroatoms. The van der Waals surface area contributed by atoms with Crippen molar-refractivity contribution < 1.29 is 4.74 Å². The van der Waals surface area contributed by atoms with Gasteiger partial charge in [0.2, 0.25) is 0 Å². The van der Waals surface area contributed by atoms with Gasteiger partial charge >= 0.3 is 0 Å². The van der Waals surface area contributed by atoms with E-state index in [9.17, 15) is 0 Å². The van der Waals surface area contributed by atoms with Crippen molar-refractivity contribution in [2.45, 2.75) is 5.41 Å². The van der Waals surface area contributed by atoms with E-state index in [1.54, 1.807) is 0 Å². The van der Waals surface area contributed by atoms with Gasteiger partial charge in [0.15, 0.2) is 0 Å². The molecule has 1 aliphatic carbocycles. The number of para-hydroxylation sites is 3. The van der Waals surface area contributed by atoms with Crippen LogP contribution < -0.4 is 4.74 Å². The Morgan fingerprint density at radius 2 is 1.02 bits per heavy atom. The van der Waals surface area contributed by atoms with E-state index in [0.717, 1.165) is 11.5 Å². The van der Waals surface area contributed by atoms with Crippen molar-refractivity contribution in [3.05, 3.63) is 198 Å². The summed E-state index contributed by atoms with van der Waals surface area (Å²) < 4.78 is 9.11. The first-order chi connectivity index (χ1) is 24.3. The van der Waals surface area contributed by atoms with Gasteiger partial charge in [0, 0.05) is 27.6 Å². The molecular formula is C47H29NO. The average Bonchev–Trinajstić information content (AvgIpc) is 3.66. The Bertz CT molecular complexity index is 2760. The summed E-state index contributed by atoms with van der Waals surface area (Å²) in [7, 11) is 0. The summed E-state index contributed by atoms with van der Waals surface area (Å²) in [4.78, 5) is 0. The lowest BCUT2D eigenvalue weighted by Gasteiger charge is -2.39. The van der Waals surface area contributed by atoms with Crippen LogP contribution in [-0.4, -0.2) is 4.57 Å². The van der Waals surface area contributed by atoms with Crippen LogP contribution in [-0.2, 0) is 5.41 Å². The maximum Gasteiger partial charge on any atom is 0.132 e. The highest BCUT2D eigenvalue weighted by Crippen LogP contribution is 2.62. The lowest BCUT2D eigenvalue weighted by atomic mass is 9.65. The molecular weight excluding hydrogens is 595 g/mol. The number of nitrogens with zero attached hydrogens (tertiary/aromatic N) is 1. The zero-order chi connectivity index (χ0) is 32.1. The molecule has 2 aliphatic rings. The van der Waals surface area contributed by atoms with Gasteiger partial charge in [-0.25, -0.2) is 0 Å². The van der Waals surface area contributed by atoms with Crippen molar-refractivity contribution in [3.8, 4) is 39.4 Å². The molecule has 0 saturated carbocycles. The predicted octanol–water partition coefficient (Wildman–Crippen LogP) is 12.1. The Morgan fingerprint density at radius 1 is 0.388 bits per heavy atom. The fourth-order valence-electron chi connectivity index (χ4n) is 8.96. The molecule has 1 spiro atoms. The third-order valence-electron chi connectivity index (χ3n) is 10.9. The van der Waals surface area contributed by atoms with Crippen LogP contribution in [0.2, 0.25) is 0 Å².